The maximum absolute atomic E-state index is 6.37. The maximum atomic E-state index is 6.37. The van der Waals surface area contributed by atoms with Gasteiger partial charge < -0.3 is 15.2 Å². The Balaban J connectivity index is 1.47. The first-order chi connectivity index (χ1) is 12.6. The zero-order valence-electron chi connectivity index (χ0n) is 15.8. The van der Waals surface area contributed by atoms with E-state index in [4.69, 9.17) is 15.2 Å². The van der Waals surface area contributed by atoms with Gasteiger partial charge in [-0.2, -0.15) is 0 Å². The highest BCUT2D eigenvalue weighted by molar-refractivity contribution is 5.44. The predicted octanol–water partition coefficient (Wildman–Crippen LogP) is 5.02. The highest BCUT2D eigenvalue weighted by atomic mass is 16.5. The van der Waals surface area contributed by atoms with Crippen molar-refractivity contribution in [1.29, 1.82) is 0 Å². The zero-order valence-corrected chi connectivity index (χ0v) is 15.8. The topological polar surface area (TPSA) is 44.5 Å². The fourth-order valence-electron chi connectivity index (χ4n) is 4.38. The van der Waals surface area contributed by atoms with Crippen molar-refractivity contribution in [2.24, 2.45) is 5.73 Å². The summed E-state index contributed by atoms with van der Waals surface area (Å²) in [6.07, 6.45) is 6.75. The molecule has 2 aliphatic rings. The second-order valence-corrected chi connectivity index (χ2v) is 7.87. The third-order valence-electron chi connectivity index (χ3n) is 5.86. The van der Waals surface area contributed by atoms with Crippen molar-refractivity contribution in [2.45, 2.75) is 70.6 Å². The number of nitrogens with two attached hydrogens (primary N) is 1. The number of aryl methyl sites for hydroxylation is 3. The lowest BCUT2D eigenvalue weighted by Gasteiger charge is -2.30. The molecule has 1 unspecified atom stereocenters. The Morgan fingerprint density at radius 3 is 2.42 bits per heavy atom. The summed E-state index contributed by atoms with van der Waals surface area (Å²) in [5, 5.41) is 0. The summed E-state index contributed by atoms with van der Waals surface area (Å²) < 4.78 is 12.6. The Bertz CT molecular complexity index is 758. The Morgan fingerprint density at radius 2 is 1.69 bits per heavy atom. The normalized spacial score (nSPS) is 25.3. The van der Waals surface area contributed by atoms with Crippen LogP contribution >= 0.6 is 0 Å². The third-order valence-corrected chi connectivity index (χ3v) is 5.86. The van der Waals surface area contributed by atoms with Gasteiger partial charge in [-0.1, -0.05) is 18.2 Å². The van der Waals surface area contributed by atoms with Gasteiger partial charge in [0.25, 0.3) is 0 Å². The summed E-state index contributed by atoms with van der Waals surface area (Å²) in [6.45, 7) is 4.35. The minimum Gasteiger partial charge on any atom is -0.490 e. The third kappa shape index (κ3) is 3.59. The molecule has 3 heteroatoms. The highest BCUT2D eigenvalue weighted by Crippen LogP contribution is 2.39. The molecule has 1 fully saturated rings. The number of rotatable bonds is 3. The molecule has 1 aliphatic carbocycles. The first-order valence-electron chi connectivity index (χ1n) is 9.88. The van der Waals surface area contributed by atoms with Gasteiger partial charge in [0.15, 0.2) is 0 Å². The average Bonchev–Trinajstić information content (AvgIpc) is 2.63. The van der Waals surface area contributed by atoms with E-state index in [0.29, 0.717) is 12.1 Å². The van der Waals surface area contributed by atoms with E-state index in [9.17, 15) is 0 Å². The van der Waals surface area contributed by atoms with Crippen LogP contribution in [0.2, 0.25) is 0 Å². The van der Waals surface area contributed by atoms with Crippen molar-refractivity contribution in [3.63, 3.8) is 0 Å². The molecule has 1 saturated carbocycles. The molecular weight excluding hydrogens is 322 g/mol. The predicted molar refractivity (Wildman–Crippen MR) is 105 cm³/mol. The fourth-order valence-corrected chi connectivity index (χ4v) is 4.38. The summed E-state index contributed by atoms with van der Waals surface area (Å²) >= 11 is 0. The van der Waals surface area contributed by atoms with Crippen molar-refractivity contribution in [1.82, 2.24) is 0 Å². The molecule has 1 heterocycles. The molecule has 0 bridgehead atoms. The van der Waals surface area contributed by atoms with E-state index >= 15 is 0 Å². The lowest BCUT2D eigenvalue weighted by atomic mass is 9.91. The van der Waals surface area contributed by atoms with Crippen molar-refractivity contribution < 1.29 is 9.47 Å². The van der Waals surface area contributed by atoms with E-state index in [2.05, 4.69) is 50.2 Å². The quantitative estimate of drug-likeness (QED) is 0.844. The molecule has 3 nitrogen and oxygen atoms in total. The molecule has 0 saturated heterocycles. The van der Waals surface area contributed by atoms with E-state index in [-0.39, 0.29) is 6.10 Å². The first-order valence-corrected chi connectivity index (χ1v) is 9.88. The van der Waals surface area contributed by atoms with Gasteiger partial charge in [-0.05, 0) is 92.8 Å². The van der Waals surface area contributed by atoms with Gasteiger partial charge >= 0.3 is 0 Å². The van der Waals surface area contributed by atoms with E-state index in [1.54, 1.807) is 0 Å². The van der Waals surface area contributed by atoms with Crippen LogP contribution in [0.1, 0.15) is 60.5 Å². The van der Waals surface area contributed by atoms with E-state index in [1.807, 2.05) is 0 Å². The molecule has 138 valence electrons. The Hall–Kier alpha value is -2.00. The second-order valence-electron chi connectivity index (χ2n) is 7.87. The van der Waals surface area contributed by atoms with Crippen LogP contribution in [0.15, 0.2) is 36.4 Å². The fraction of sp³-hybridized carbons (Fsp3) is 0.478. The Labute approximate surface area is 156 Å². The van der Waals surface area contributed by atoms with Crippen LogP contribution in [0.3, 0.4) is 0 Å². The number of hydrogen-bond acceptors (Lipinski definition) is 3. The zero-order chi connectivity index (χ0) is 18.1. The van der Waals surface area contributed by atoms with Crippen molar-refractivity contribution in [2.75, 3.05) is 0 Å². The van der Waals surface area contributed by atoms with Crippen LogP contribution in [-0.2, 0) is 6.42 Å². The molecule has 26 heavy (non-hydrogen) atoms. The molecule has 0 radical (unpaired) electrons. The van der Waals surface area contributed by atoms with Gasteiger partial charge in [0.1, 0.15) is 17.6 Å². The summed E-state index contributed by atoms with van der Waals surface area (Å²) in [6, 6.07) is 13.1. The summed E-state index contributed by atoms with van der Waals surface area (Å²) in [7, 11) is 0. The molecule has 2 aromatic carbocycles. The Kier molecular flexibility index (Phi) is 4.90. The number of fused-ring (bicyclic) bond motifs is 1. The van der Waals surface area contributed by atoms with Crippen LogP contribution in [-0.4, -0.2) is 12.1 Å². The van der Waals surface area contributed by atoms with Gasteiger partial charge in [-0.25, -0.2) is 0 Å². The Morgan fingerprint density at radius 1 is 0.962 bits per heavy atom. The van der Waals surface area contributed by atoms with Gasteiger partial charge in [0.05, 0.1) is 6.10 Å². The lowest BCUT2D eigenvalue weighted by molar-refractivity contribution is 0.145. The van der Waals surface area contributed by atoms with Gasteiger partial charge in [-0.3, -0.25) is 0 Å². The molecule has 2 N–H and O–H groups in total. The SMILES string of the molecule is Cc1cccc(C)c1C1CCc2cc(OC3CCC(N)CC3)ccc2O1. The summed E-state index contributed by atoms with van der Waals surface area (Å²) in [5.74, 6) is 1.97. The molecule has 1 aliphatic heterocycles. The van der Waals surface area contributed by atoms with Gasteiger partial charge in [-0.15, -0.1) is 0 Å². The standard InChI is InChI=1S/C23H29NO2/c1-15-4-3-5-16(2)23(15)22-12-6-17-14-20(11-13-21(17)26-22)25-19-9-7-18(24)8-10-19/h3-5,11,13-14,18-19,22H,6-10,12,24H2,1-2H3. The van der Waals surface area contributed by atoms with Gasteiger partial charge in [0.2, 0.25) is 0 Å². The molecule has 0 amide bonds. The number of hydrogen-bond donors (Lipinski definition) is 1. The van der Waals surface area contributed by atoms with Crippen LogP contribution in [0.25, 0.3) is 0 Å². The van der Waals surface area contributed by atoms with Crippen LogP contribution in [0.5, 0.6) is 11.5 Å². The maximum Gasteiger partial charge on any atom is 0.125 e. The number of benzene rings is 2. The monoisotopic (exact) mass is 351 g/mol. The summed E-state index contributed by atoms with van der Waals surface area (Å²) in [5.41, 5.74) is 11.2. The average molecular weight is 351 g/mol. The number of ether oxygens (including phenoxy) is 2. The molecule has 4 rings (SSSR count). The molecule has 0 spiro atoms. The van der Waals surface area contributed by atoms with Crippen molar-refractivity contribution in [3.05, 3.63) is 58.7 Å². The van der Waals surface area contributed by atoms with Crippen LogP contribution in [0.4, 0.5) is 0 Å². The van der Waals surface area contributed by atoms with E-state index < -0.39 is 0 Å². The van der Waals surface area contributed by atoms with Crippen molar-refractivity contribution >= 4 is 0 Å². The molecule has 2 aromatic rings. The molecule has 0 aromatic heterocycles. The lowest BCUT2D eigenvalue weighted by Crippen LogP contribution is -2.31. The first kappa shape index (κ1) is 17.4. The van der Waals surface area contributed by atoms with E-state index in [0.717, 1.165) is 50.0 Å². The van der Waals surface area contributed by atoms with E-state index in [1.165, 1.54) is 22.3 Å². The van der Waals surface area contributed by atoms with Crippen molar-refractivity contribution in [3.8, 4) is 11.5 Å². The highest BCUT2D eigenvalue weighted by Gasteiger charge is 2.25. The smallest absolute Gasteiger partial charge is 0.125 e. The minimum absolute atomic E-state index is 0.148. The largest absolute Gasteiger partial charge is 0.490 e. The molecular formula is C23H29NO2. The molecule has 1 atom stereocenters. The van der Waals surface area contributed by atoms with Crippen LogP contribution in [0, 0.1) is 13.8 Å². The second kappa shape index (κ2) is 7.32. The van der Waals surface area contributed by atoms with Crippen LogP contribution < -0.4 is 15.2 Å². The van der Waals surface area contributed by atoms with Gasteiger partial charge in [0, 0.05) is 6.04 Å². The minimum atomic E-state index is 0.148. The summed E-state index contributed by atoms with van der Waals surface area (Å²) in [4.78, 5) is 0.